The van der Waals surface area contributed by atoms with E-state index in [1.165, 1.54) is 27.5 Å². The first kappa shape index (κ1) is 34.9. The van der Waals surface area contributed by atoms with E-state index in [0.29, 0.717) is 0 Å². The van der Waals surface area contributed by atoms with Gasteiger partial charge in [0.2, 0.25) is 0 Å². The van der Waals surface area contributed by atoms with E-state index < -0.39 is 0 Å². The largest absolute Gasteiger partial charge is 0.455 e. The Hall–Kier alpha value is -8.14. The SMILES string of the molecule is c1ccc(-c2cccc3c2oc2ccc(-c4ccccc4-c4ccc(N(c5ccc(-c6cccc7ccccc67)cc5)c5cccc6c5oc5ccccc56)cc4)cc23)cc1. The maximum Gasteiger partial charge on any atom is 0.159 e. The van der Waals surface area contributed by atoms with Crippen molar-refractivity contribution in [2.75, 3.05) is 4.90 Å². The minimum absolute atomic E-state index is 0.856. The van der Waals surface area contributed by atoms with Crippen LogP contribution in [0.25, 0.3) is 99.2 Å². The molecule has 12 rings (SSSR count). The van der Waals surface area contributed by atoms with Gasteiger partial charge >= 0.3 is 0 Å². The van der Waals surface area contributed by atoms with Crippen molar-refractivity contribution in [1.29, 1.82) is 0 Å². The summed E-state index contributed by atoms with van der Waals surface area (Å²) in [6.07, 6.45) is 0. The molecule has 12 aromatic rings. The van der Waals surface area contributed by atoms with Gasteiger partial charge in [-0.05, 0) is 98.2 Å². The molecule has 0 atom stereocenters. The number of fused-ring (bicyclic) bond motifs is 7. The number of furan rings is 2. The van der Waals surface area contributed by atoms with E-state index in [9.17, 15) is 0 Å². The third-order valence-electron chi connectivity index (χ3n) is 12.1. The highest BCUT2D eigenvalue weighted by molar-refractivity contribution is 6.12. The van der Waals surface area contributed by atoms with Crippen molar-refractivity contribution >= 4 is 71.7 Å². The maximum absolute atomic E-state index is 6.64. The van der Waals surface area contributed by atoms with Gasteiger partial charge in [0, 0.05) is 38.5 Å². The van der Waals surface area contributed by atoms with Crippen LogP contribution >= 0.6 is 0 Å². The van der Waals surface area contributed by atoms with Gasteiger partial charge in [-0.2, -0.15) is 0 Å². The van der Waals surface area contributed by atoms with E-state index in [1.807, 2.05) is 18.2 Å². The average molecular weight is 780 g/mol. The lowest BCUT2D eigenvalue weighted by atomic mass is 9.93. The lowest BCUT2D eigenvalue weighted by molar-refractivity contribution is 0.669. The van der Waals surface area contributed by atoms with Gasteiger partial charge in [0.1, 0.15) is 16.7 Å². The Kier molecular flexibility index (Phi) is 8.17. The summed E-state index contributed by atoms with van der Waals surface area (Å²) in [4.78, 5) is 2.31. The van der Waals surface area contributed by atoms with Crippen LogP contribution in [0, 0.1) is 0 Å². The molecule has 0 saturated heterocycles. The normalized spacial score (nSPS) is 11.6. The van der Waals surface area contributed by atoms with Crippen molar-refractivity contribution in [3.05, 3.63) is 224 Å². The molecule has 0 saturated carbocycles. The Morgan fingerprint density at radius 2 is 0.770 bits per heavy atom. The van der Waals surface area contributed by atoms with E-state index in [1.54, 1.807) is 0 Å². The Morgan fingerprint density at radius 3 is 1.56 bits per heavy atom. The molecule has 0 N–H and O–H groups in total. The fourth-order valence-electron chi connectivity index (χ4n) is 9.19. The van der Waals surface area contributed by atoms with Gasteiger partial charge in [0.15, 0.2) is 5.58 Å². The molecule has 2 aromatic heterocycles. The highest BCUT2D eigenvalue weighted by Gasteiger charge is 2.21. The summed E-state index contributed by atoms with van der Waals surface area (Å²) in [5.41, 5.74) is 15.8. The molecule has 0 aliphatic heterocycles. The van der Waals surface area contributed by atoms with E-state index in [-0.39, 0.29) is 0 Å². The first-order valence-electron chi connectivity index (χ1n) is 20.7. The molecule has 10 aromatic carbocycles. The minimum atomic E-state index is 0.856. The van der Waals surface area contributed by atoms with Gasteiger partial charge in [0.05, 0.1) is 5.69 Å². The number of hydrogen-bond acceptors (Lipinski definition) is 3. The number of anilines is 3. The minimum Gasteiger partial charge on any atom is -0.455 e. The van der Waals surface area contributed by atoms with Crippen LogP contribution in [-0.4, -0.2) is 0 Å². The highest BCUT2D eigenvalue weighted by Crippen LogP contribution is 2.44. The van der Waals surface area contributed by atoms with Gasteiger partial charge in [-0.25, -0.2) is 0 Å². The Balaban J connectivity index is 0.955. The summed E-state index contributed by atoms with van der Waals surface area (Å²) >= 11 is 0. The standard InChI is InChI=1S/C58H37NO2/c1-2-13-39(14-3-1)49-22-11-23-52-53-37-42(31-36-56(53)60-57(49)52)48-19-7-6-18-46(48)40-27-32-43(33-28-40)59(54-25-12-24-51-50-20-8-9-26-55(50)61-58(51)54)44-34-29-41(30-35-44)47-21-10-16-38-15-4-5-17-45(38)47/h1-37H. The van der Waals surface area contributed by atoms with Gasteiger partial charge in [-0.1, -0.05) is 176 Å². The molecule has 0 spiro atoms. The molecule has 2 heterocycles. The molecular formula is C58H37NO2. The molecule has 0 radical (unpaired) electrons. The smallest absolute Gasteiger partial charge is 0.159 e. The topological polar surface area (TPSA) is 29.5 Å². The second kappa shape index (κ2) is 14.3. The van der Waals surface area contributed by atoms with Gasteiger partial charge in [0.25, 0.3) is 0 Å². The molecule has 0 fully saturated rings. The van der Waals surface area contributed by atoms with E-state index in [4.69, 9.17) is 8.83 Å². The van der Waals surface area contributed by atoms with Gasteiger partial charge < -0.3 is 13.7 Å². The quantitative estimate of drug-likeness (QED) is 0.161. The number of para-hydroxylation sites is 3. The maximum atomic E-state index is 6.64. The average Bonchev–Trinajstić information content (AvgIpc) is 3.91. The number of hydrogen-bond donors (Lipinski definition) is 0. The first-order chi connectivity index (χ1) is 30.2. The molecule has 0 aliphatic carbocycles. The van der Waals surface area contributed by atoms with Crippen molar-refractivity contribution in [3.63, 3.8) is 0 Å². The zero-order valence-corrected chi connectivity index (χ0v) is 33.1. The summed E-state index contributed by atoms with van der Waals surface area (Å²) in [6.45, 7) is 0. The first-order valence-corrected chi connectivity index (χ1v) is 20.7. The van der Waals surface area contributed by atoms with Gasteiger partial charge in [-0.3, -0.25) is 0 Å². The van der Waals surface area contributed by atoms with Crippen LogP contribution in [0.4, 0.5) is 17.1 Å². The fraction of sp³-hybridized carbons (Fsp3) is 0. The third-order valence-corrected chi connectivity index (χ3v) is 12.1. The highest BCUT2D eigenvalue weighted by atomic mass is 16.3. The summed E-state index contributed by atoms with van der Waals surface area (Å²) in [6, 6.07) is 79.8. The molecule has 0 unspecified atom stereocenters. The zero-order chi connectivity index (χ0) is 40.3. The predicted octanol–water partition coefficient (Wildman–Crippen LogP) is 16.8. The third kappa shape index (κ3) is 5.90. The van der Waals surface area contributed by atoms with Crippen LogP contribution in [-0.2, 0) is 0 Å². The number of rotatable bonds is 7. The van der Waals surface area contributed by atoms with Crippen LogP contribution in [0.15, 0.2) is 233 Å². The summed E-state index contributed by atoms with van der Waals surface area (Å²) in [5, 5.41) is 6.90. The predicted molar refractivity (Wildman–Crippen MR) is 255 cm³/mol. The molecule has 0 aliphatic rings. The second-order valence-corrected chi connectivity index (χ2v) is 15.6. The summed E-state index contributed by atoms with van der Waals surface area (Å²) in [5.74, 6) is 0. The van der Waals surface area contributed by atoms with Crippen molar-refractivity contribution in [1.82, 2.24) is 0 Å². The van der Waals surface area contributed by atoms with Crippen molar-refractivity contribution in [2.45, 2.75) is 0 Å². The fourth-order valence-corrected chi connectivity index (χ4v) is 9.19. The van der Waals surface area contributed by atoms with Crippen LogP contribution in [0.3, 0.4) is 0 Å². The molecule has 286 valence electrons. The van der Waals surface area contributed by atoms with Gasteiger partial charge in [-0.15, -0.1) is 0 Å². The molecule has 0 amide bonds. The van der Waals surface area contributed by atoms with Crippen molar-refractivity contribution in [2.24, 2.45) is 0 Å². The molecular weight excluding hydrogens is 743 g/mol. The zero-order valence-electron chi connectivity index (χ0n) is 33.1. The molecule has 61 heavy (non-hydrogen) atoms. The second-order valence-electron chi connectivity index (χ2n) is 15.6. The van der Waals surface area contributed by atoms with Crippen molar-refractivity contribution < 1.29 is 8.83 Å². The lowest BCUT2D eigenvalue weighted by Gasteiger charge is -2.26. The summed E-state index contributed by atoms with van der Waals surface area (Å²) < 4.78 is 13.2. The van der Waals surface area contributed by atoms with Crippen LogP contribution in [0.2, 0.25) is 0 Å². The molecule has 3 nitrogen and oxygen atoms in total. The summed E-state index contributed by atoms with van der Waals surface area (Å²) in [7, 11) is 0. The van der Waals surface area contributed by atoms with E-state index in [2.05, 4.69) is 211 Å². The molecule has 0 bridgehead atoms. The van der Waals surface area contributed by atoms with Crippen molar-refractivity contribution in [3.8, 4) is 44.5 Å². The van der Waals surface area contributed by atoms with E-state index >= 15 is 0 Å². The monoisotopic (exact) mass is 779 g/mol. The van der Waals surface area contributed by atoms with Crippen LogP contribution in [0.1, 0.15) is 0 Å². The van der Waals surface area contributed by atoms with E-state index in [0.717, 1.165) is 88.8 Å². The van der Waals surface area contributed by atoms with Crippen LogP contribution in [0.5, 0.6) is 0 Å². The van der Waals surface area contributed by atoms with Crippen LogP contribution < -0.4 is 4.90 Å². The number of benzene rings is 10. The Bertz CT molecular complexity index is 3570. The Labute approximate surface area is 353 Å². The number of nitrogens with zero attached hydrogens (tertiary/aromatic N) is 1. The Morgan fingerprint density at radius 1 is 0.279 bits per heavy atom. The lowest BCUT2D eigenvalue weighted by Crippen LogP contribution is -2.10. The molecule has 3 heteroatoms.